The van der Waals surface area contributed by atoms with Crippen LogP contribution in [0.1, 0.15) is 15.9 Å². The summed E-state index contributed by atoms with van der Waals surface area (Å²) in [6.45, 7) is 7.98. The highest BCUT2D eigenvalue weighted by Gasteiger charge is 2.34. The summed E-state index contributed by atoms with van der Waals surface area (Å²) in [7, 11) is 0. The molecule has 0 amide bonds. The van der Waals surface area contributed by atoms with Crippen LogP contribution < -0.4 is 5.73 Å². The Balaban J connectivity index is 1.88. The van der Waals surface area contributed by atoms with Crippen molar-refractivity contribution in [1.29, 1.82) is 0 Å². The fourth-order valence-electron chi connectivity index (χ4n) is 2.42. The van der Waals surface area contributed by atoms with E-state index < -0.39 is 0 Å². The van der Waals surface area contributed by atoms with Crippen molar-refractivity contribution in [3.05, 3.63) is 9.88 Å². The third kappa shape index (κ3) is 1.55. The SMILES string of the molecule is Cc1sc(C2CN3CCN2CC3)nc1N. The van der Waals surface area contributed by atoms with Crippen LogP contribution in [0.4, 0.5) is 5.82 Å². The van der Waals surface area contributed by atoms with E-state index in [1.54, 1.807) is 11.3 Å². The molecule has 4 nitrogen and oxygen atoms in total. The Kier molecular flexibility index (Phi) is 2.19. The van der Waals surface area contributed by atoms with E-state index in [2.05, 4.69) is 14.8 Å². The number of nitrogens with two attached hydrogens (primary N) is 1. The summed E-state index contributed by atoms with van der Waals surface area (Å²) in [4.78, 5) is 10.7. The van der Waals surface area contributed by atoms with E-state index in [1.165, 1.54) is 31.2 Å². The molecule has 3 saturated heterocycles. The largest absolute Gasteiger partial charge is 0.383 e. The molecule has 0 aliphatic carbocycles. The number of anilines is 1. The van der Waals surface area contributed by atoms with E-state index in [1.807, 2.05) is 6.92 Å². The van der Waals surface area contributed by atoms with Crippen molar-refractivity contribution in [2.24, 2.45) is 0 Å². The molecule has 4 rings (SSSR count). The number of hydrogen-bond acceptors (Lipinski definition) is 5. The Labute approximate surface area is 93.7 Å². The molecule has 2 bridgehead atoms. The Morgan fingerprint density at radius 1 is 1.33 bits per heavy atom. The van der Waals surface area contributed by atoms with E-state index in [0.29, 0.717) is 11.9 Å². The molecule has 1 unspecified atom stereocenters. The lowest BCUT2D eigenvalue weighted by molar-refractivity contribution is 0.0123. The van der Waals surface area contributed by atoms with Crippen LogP contribution in [0.5, 0.6) is 0 Å². The van der Waals surface area contributed by atoms with E-state index in [9.17, 15) is 0 Å². The van der Waals surface area contributed by atoms with Crippen LogP contribution in [0.3, 0.4) is 0 Å². The first-order chi connectivity index (χ1) is 7.24. The van der Waals surface area contributed by atoms with Gasteiger partial charge in [-0.3, -0.25) is 9.80 Å². The molecule has 4 heterocycles. The molecule has 1 aromatic heterocycles. The van der Waals surface area contributed by atoms with Crippen molar-refractivity contribution >= 4 is 17.2 Å². The van der Waals surface area contributed by atoms with E-state index in [-0.39, 0.29) is 0 Å². The summed E-state index contributed by atoms with van der Waals surface area (Å²) >= 11 is 1.76. The molecule has 0 radical (unpaired) electrons. The summed E-state index contributed by atoms with van der Waals surface area (Å²) in [6.07, 6.45) is 0. The van der Waals surface area contributed by atoms with Crippen LogP contribution >= 0.6 is 11.3 Å². The number of nitrogen functional groups attached to an aromatic ring is 1. The van der Waals surface area contributed by atoms with Gasteiger partial charge in [0.25, 0.3) is 0 Å². The monoisotopic (exact) mass is 224 g/mol. The highest BCUT2D eigenvalue weighted by atomic mass is 32.1. The molecule has 1 atom stereocenters. The molecule has 82 valence electrons. The van der Waals surface area contributed by atoms with Gasteiger partial charge >= 0.3 is 0 Å². The van der Waals surface area contributed by atoms with Gasteiger partial charge in [-0.2, -0.15) is 0 Å². The molecular formula is C10H16N4S. The van der Waals surface area contributed by atoms with Crippen molar-refractivity contribution in [2.75, 3.05) is 38.5 Å². The average molecular weight is 224 g/mol. The molecule has 1 aromatic rings. The minimum absolute atomic E-state index is 0.494. The molecule has 3 fully saturated rings. The Morgan fingerprint density at radius 2 is 2.07 bits per heavy atom. The molecule has 5 heteroatoms. The normalized spacial score (nSPS) is 34.6. The van der Waals surface area contributed by atoms with Crippen LogP contribution in [0, 0.1) is 6.92 Å². The van der Waals surface area contributed by atoms with E-state index in [4.69, 9.17) is 5.73 Å². The fraction of sp³-hybridized carbons (Fsp3) is 0.700. The smallest absolute Gasteiger partial charge is 0.137 e. The highest BCUT2D eigenvalue weighted by Crippen LogP contribution is 2.33. The van der Waals surface area contributed by atoms with Gasteiger partial charge in [-0.1, -0.05) is 0 Å². The molecular weight excluding hydrogens is 208 g/mol. The minimum Gasteiger partial charge on any atom is -0.383 e. The van der Waals surface area contributed by atoms with Gasteiger partial charge in [0.15, 0.2) is 0 Å². The van der Waals surface area contributed by atoms with Gasteiger partial charge in [0, 0.05) is 37.6 Å². The van der Waals surface area contributed by atoms with Gasteiger partial charge in [0.05, 0.1) is 6.04 Å². The predicted octanol–water partition coefficient (Wildman–Crippen LogP) is 0.706. The quantitative estimate of drug-likeness (QED) is 0.763. The number of nitrogens with zero attached hydrogens (tertiary/aromatic N) is 3. The molecule has 0 spiro atoms. The van der Waals surface area contributed by atoms with Crippen molar-refractivity contribution in [3.8, 4) is 0 Å². The molecule has 15 heavy (non-hydrogen) atoms. The summed E-state index contributed by atoms with van der Waals surface area (Å²) in [6, 6.07) is 0.494. The second-order valence-corrected chi connectivity index (χ2v) is 5.58. The number of hydrogen-bond donors (Lipinski definition) is 1. The van der Waals surface area contributed by atoms with Gasteiger partial charge < -0.3 is 5.73 Å². The van der Waals surface area contributed by atoms with Crippen LogP contribution in [0.25, 0.3) is 0 Å². The van der Waals surface area contributed by atoms with Crippen molar-refractivity contribution in [3.63, 3.8) is 0 Å². The van der Waals surface area contributed by atoms with Crippen molar-refractivity contribution in [2.45, 2.75) is 13.0 Å². The maximum Gasteiger partial charge on any atom is 0.137 e. The summed E-state index contributed by atoms with van der Waals surface area (Å²) in [5, 5.41) is 1.20. The van der Waals surface area contributed by atoms with E-state index in [0.717, 1.165) is 11.4 Å². The predicted molar refractivity (Wildman–Crippen MR) is 62.0 cm³/mol. The van der Waals surface area contributed by atoms with Crippen molar-refractivity contribution in [1.82, 2.24) is 14.8 Å². The summed E-state index contributed by atoms with van der Waals surface area (Å²) < 4.78 is 0. The van der Waals surface area contributed by atoms with Crippen LogP contribution in [-0.2, 0) is 0 Å². The standard InChI is InChI=1S/C10H16N4S/c1-7-9(11)12-10(15-7)8-6-13-2-4-14(8)5-3-13/h8H,2-6,11H2,1H3. The second-order valence-electron chi connectivity index (χ2n) is 4.35. The highest BCUT2D eigenvalue weighted by molar-refractivity contribution is 7.12. The lowest BCUT2D eigenvalue weighted by Crippen LogP contribution is -2.56. The third-order valence-corrected chi connectivity index (χ3v) is 4.50. The Bertz CT molecular complexity index is 348. The number of fused-ring (bicyclic) bond motifs is 3. The first-order valence-electron chi connectivity index (χ1n) is 5.43. The van der Waals surface area contributed by atoms with E-state index >= 15 is 0 Å². The van der Waals surface area contributed by atoms with Crippen molar-refractivity contribution < 1.29 is 0 Å². The number of piperazine rings is 3. The zero-order chi connectivity index (χ0) is 10.4. The molecule has 3 aliphatic heterocycles. The minimum atomic E-state index is 0.494. The number of thiazole rings is 1. The fourth-order valence-corrected chi connectivity index (χ4v) is 3.39. The average Bonchev–Trinajstić information content (AvgIpc) is 2.61. The Morgan fingerprint density at radius 3 is 2.53 bits per heavy atom. The lowest BCUT2D eigenvalue weighted by atomic mass is 10.1. The number of aryl methyl sites for hydroxylation is 1. The first kappa shape index (κ1) is 9.57. The summed E-state index contributed by atoms with van der Waals surface area (Å²) in [5.74, 6) is 0.715. The zero-order valence-corrected chi connectivity index (χ0v) is 9.76. The molecule has 0 aromatic carbocycles. The maximum atomic E-state index is 5.81. The summed E-state index contributed by atoms with van der Waals surface area (Å²) in [5.41, 5.74) is 5.81. The van der Waals surface area contributed by atoms with Gasteiger partial charge in [0.1, 0.15) is 10.8 Å². The lowest BCUT2D eigenvalue weighted by Gasteiger charge is -2.46. The van der Waals surface area contributed by atoms with Gasteiger partial charge in [-0.05, 0) is 6.92 Å². The Hall–Kier alpha value is -0.650. The zero-order valence-electron chi connectivity index (χ0n) is 8.94. The molecule has 0 saturated carbocycles. The van der Waals surface area contributed by atoms with Crippen LogP contribution in [0.2, 0.25) is 0 Å². The van der Waals surface area contributed by atoms with Gasteiger partial charge in [-0.25, -0.2) is 4.98 Å². The molecule has 2 N–H and O–H groups in total. The first-order valence-corrected chi connectivity index (χ1v) is 6.25. The second kappa shape index (κ2) is 3.43. The maximum absolute atomic E-state index is 5.81. The topological polar surface area (TPSA) is 45.4 Å². The van der Waals surface area contributed by atoms with Crippen LogP contribution in [-0.4, -0.2) is 47.5 Å². The van der Waals surface area contributed by atoms with Gasteiger partial charge in [-0.15, -0.1) is 11.3 Å². The number of aromatic nitrogens is 1. The van der Waals surface area contributed by atoms with Gasteiger partial charge in [0.2, 0.25) is 0 Å². The molecule has 3 aliphatic rings. The third-order valence-electron chi connectivity index (χ3n) is 3.41. The van der Waals surface area contributed by atoms with Crippen LogP contribution in [0.15, 0.2) is 0 Å². The number of rotatable bonds is 1.